The molecule has 11 heteroatoms. The monoisotopic (exact) mass is 428 g/mol. The zero-order valence-electron chi connectivity index (χ0n) is 16.8. The average molecular weight is 428 g/mol. The lowest BCUT2D eigenvalue weighted by Gasteiger charge is -2.19. The molecule has 2 amide bonds. The Kier molecular flexibility index (Phi) is 5.55. The molecule has 2 N–H and O–H groups in total. The second kappa shape index (κ2) is 8.30. The number of fused-ring (bicyclic) bond motifs is 1. The van der Waals surface area contributed by atoms with Crippen LogP contribution in [0.3, 0.4) is 0 Å². The smallest absolute Gasteiger partial charge is 0.330 e. The Balaban J connectivity index is 1.53. The molecule has 1 fully saturated rings. The van der Waals surface area contributed by atoms with Crippen LogP contribution < -0.4 is 16.7 Å². The van der Waals surface area contributed by atoms with Crippen molar-refractivity contribution < 1.29 is 24.0 Å². The number of H-pyrrole nitrogens is 1. The van der Waals surface area contributed by atoms with Crippen molar-refractivity contribution in [2.75, 3.05) is 13.7 Å². The van der Waals surface area contributed by atoms with E-state index in [4.69, 9.17) is 14.4 Å². The highest BCUT2D eigenvalue weighted by Gasteiger charge is 2.39. The number of amides is 2. The molecule has 1 aromatic carbocycles. The molecule has 4 rings (SSSR count). The summed E-state index contributed by atoms with van der Waals surface area (Å²) in [6.45, 7) is 1.42. The van der Waals surface area contributed by atoms with E-state index in [1.807, 2.05) is 0 Å². The largest absolute Gasteiger partial charge is 0.347 e. The van der Waals surface area contributed by atoms with Gasteiger partial charge in [0.2, 0.25) is 0 Å². The SMILES string of the molecule is CONC=C1C[C@H](n2cc(C)c(=O)[nH]c2=O)O[C@@H]1CON1C(=O)c2ccccc2C1=O. The van der Waals surface area contributed by atoms with E-state index < -0.39 is 35.4 Å². The van der Waals surface area contributed by atoms with Crippen molar-refractivity contribution in [3.8, 4) is 0 Å². The summed E-state index contributed by atoms with van der Waals surface area (Å²) in [5.74, 6) is -1.11. The summed E-state index contributed by atoms with van der Waals surface area (Å²) in [6, 6.07) is 6.44. The molecule has 0 unspecified atom stereocenters. The number of nitrogens with one attached hydrogen (secondary N) is 2. The maximum absolute atomic E-state index is 12.5. The van der Waals surface area contributed by atoms with Crippen molar-refractivity contribution in [2.24, 2.45) is 0 Å². The average Bonchev–Trinajstić information content (AvgIpc) is 3.27. The van der Waals surface area contributed by atoms with Gasteiger partial charge in [0.1, 0.15) is 18.9 Å². The molecule has 2 aromatic rings. The minimum Gasteiger partial charge on any atom is -0.347 e. The summed E-state index contributed by atoms with van der Waals surface area (Å²) in [5, 5.41) is 0.707. The summed E-state index contributed by atoms with van der Waals surface area (Å²) in [6.07, 6.45) is 1.86. The van der Waals surface area contributed by atoms with Gasteiger partial charge in [0.05, 0.1) is 18.2 Å². The quantitative estimate of drug-likeness (QED) is 0.499. The highest BCUT2D eigenvalue weighted by Crippen LogP contribution is 2.33. The van der Waals surface area contributed by atoms with Crippen molar-refractivity contribution in [3.63, 3.8) is 0 Å². The zero-order chi connectivity index (χ0) is 22.1. The highest BCUT2D eigenvalue weighted by atomic mass is 16.7. The van der Waals surface area contributed by atoms with Crippen molar-refractivity contribution in [3.05, 3.63) is 79.8 Å². The number of aryl methyl sites for hydroxylation is 1. The van der Waals surface area contributed by atoms with E-state index in [2.05, 4.69) is 10.5 Å². The summed E-state index contributed by atoms with van der Waals surface area (Å²) in [7, 11) is 1.43. The van der Waals surface area contributed by atoms with Gasteiger partial charge in [0.15, 0.2) is 0 Å². The first-order valence-corrected chi connectivity index (χ1v) is 9.46. The summed E-state index contributed by atoms with van der Waals surface area (Å²) >= 11 is 0. The summed E-state index contributed by atoms with van der Waals surface area (Å²) in [5.41, 5.74) is 3.09. The Morgan fingerprint density at radius 1 is 1.19 bits per heavy atom. The van der Waals surface area contributed by atoms with E-state index in [0.717, 1.165) is 0 Å². The van der Waals surface area contributed by atoms with Crippen LogP contribution in [-0.2, 0) is 14.4 Å². The molecule has 0 spiro atoms. The maximum atomic E-state index is 12.5. The molecule has 0 bridgehead atoms. The van der Waals surface area contributed by atoms with Crippen molar-refractivity contribution in [1.82, 2.24) is 20.1 Å². The van der Waals surface area contributed by atoms with Crippen LogP contribution in [0, 0.1) is 6.92 Å². The topological polar surface area (TPSA) is 132 Å². The Hall–Kier alpha value is -3.54. The van der Waals surface area contributed by atoms with Crippen LogP contribution in [0.15, 0.2) is 51.8 Å². The van der Waals surface area contributed by atoms with Gasteiger partial charge >= 0.3 is 5.69 Å². The normalized spacial score (nSPS) is 21.7. The molecule has 1 aromatic heterocycles. The zero-order valence-corrected chi connectivity index (χ0v) is 16.8. The number of hydroxylamine groups is 3. The number of imide groups is 1. The maximum Gasteiger partial charge on any atom is 0.330 e. The molecule has 31 heavy (non-hydrogen) atoms. The molecule has 3 heterocycles. The minimum atomic E-state index is -0.719. The second-order valence-corrected chi connectivity index (χ2v) is 7.05. The van der Waals surface area contributed by atoms with Crippen molar-refractivity contribution in [2.45, 2.75) is 25.7 Å². The summed E-state index contributed by atoms with van der Waals surface area (Å²) in [4.78, 5) is 61.4. The Labute approximate surface area is 175 Å². The number of hydrogen-bond donors (Lipinski definition) is 2. The minimum absolute atomic E-state index is 0.156. The third-order valence-corrected chi connectivity index (χ3v) is 5.08. The lowest BCUT2D eigenvalue weighted by Crippen LogP contribution is -2.35. The fourth-order valence-electron chi connectivity index (χ4n) is 3.48. The van der Waals surface area contributed by atoms with Crippen LogP contribution in [-0.4, -0.2) is 46.2 Å². The first-order chi connectivity index (χ1) is 14.9. The molecular weight excluding hydrogens is 408 g/mol. The van der Waals surface area contributed by atoms with Crippen LogP contribution in [0.25, 0.3) is 0 Å². The molecule has 11 nitrogen and oxygen atoms in total. The van der Waals surface area contributed by atoms with Gasteiger partial charge in [-0.2, -0.15) is 0 Å². The van der Waals surface area contributed by atoms with Crippen LogP contribution in [0.1, 0.15) is 38.9 Å². The van der Waals surface area contributed by atoms with E-state index >= 15 is 0 Å². The number of rotatable bonds is 6. The van der Waals surface area contributed by atoms with E-state index in [1.54, 1.807) is 37.4 Å². The van der Waals surface area contributed by atoms with E-state index in [1.165, 1.54) is 17.9 Å². The number of aromatic nitrogens is 2. The van der Waals surface area contributed by atoms with E-state index in [-0.39, 0.29) is 24.2 Å². The van der Waals surface area contributed by atoms with Crippen LogP contribution >= 0.6 is 0 Å². The molecular formula is C20H20N4O7. The van der Waals surface area contributed by atoms with Gasteiger partial charge < -0.3 is 4.74 Å². The van der Waals surface area contributed by atoms with Gasteiger partial charge in [-0.1, -0.05) is 12.1 Å². The predicted molar refractivity (Wildman–Crippen MR) is 106 cm³/mol. The van der Waals surface area contributed by atoms with Gasteiger partial charge in [-0.15, -0.1) is 5.06 Å². The Morgan fingerprint density at radius 3 is 2.52 bits per heavy atom. The first-order valence-electron chi connectivity index (χ1n) is 9.46. The molecule has 0 aliphatic carbocycles. The van der Waals surface area contributed by atoms with Gasteiger partial charge in [0, 0.05) is 24.4 Å². The van der Waals surface area contributed by atoms with Crippen molar-refractivity contribution in [1.29, 1.82) is 0 Å². The first kappa shape index (κ1) is 20.7. The van der Waals surface area contributed by atoms with Gasteiger partial charge in [-0.25, -0.2) is 4.79 Å². The predicted octanol–water partition coefficient (Wildman–Crippen LogP) is 0.395. The lowest BCUT2D eigenvalue weighted by atomic mass is 10.1. The molecule has 0 radical (unpaired) electrons. The lowest BCUT2D eigenvalue weighted by molar-refractivity contribution is -0.126. The van der Waals surface area contributed by atoms with Crippen LogP contribution in [0.4, 0.5) is 0 Å². The number of benzene rings is 1. The molecule has 0 saturated carbocycles. The summed E-state index contributed by atoms with van der Waals surface area (Å²) < 4.78 is 7.22. The fraction of sp³-hybridized carbons (Fsp3) is 0.300. The molecule has 2 atom stereocenters. The number of carbonyl (C=O) groups excluding carboxylic acids is 2. The van der Waals surface area contributed by atoms with Gasteiger partial charge in [0.25, 0.3) is 17.4 Å². The third-order valence-electron chi connectivity index (χ3n) is 5.08. The number of aromatic amines is 1. The van der Waals surface area contributed by atoms with Crippen molar-refractivity contribution >= 4 is 11.8 Å². The Morgan fingerprint density at radius 2 is 1.87 bits per heavy atom. The van der Waals surface area contributed by atoms with Gasteiger partial charge in [-0.3, -0.25) is 39.1 Å². The molecule has 2 aliphatic heterocycles. The van der Waals surface area contributed by atoms with Crippen LogP contribution in [0.5, 0.6) is 0 Å². The number of hydrogen-bond acceptors (Lipinski definition) is 8. The van der Waals surface area contributed by atoms with E-state index in [9.17, 15) is 19.2 Å². The van der Waals surface area contributed by atoms with E-state index in [0.29, 0.717) is 16.2 Å². The molecule has 162 valence electrons. The highest BCUT2D eigenvalue weighted by molar-refractivity contribution is 6.20. The number of nitrogens with zero attached hydrogens (tertiary/aromatic N) is 2. The van der Waals surface area contributed by atoms with Crippen LogP contribution in [0.2, 0.25) is 0 Å². The number of ether oxygens (including phenoxy) is 1. The second-order valence-electron chi connectivity index (χ2n) is 7.05. The molecule has 1 saturated heterocycles. The molecule has 2 aliphatic rings. The van der Waals surface area contributed by atoms with Gasteiger partial charge in [-0.05, 0) is 24.6 Å². The Bertz CT molecular complexity index is 1150. The number of carbonyl (C=O) groups is 2. The fourth-order valence-corrected chi connectivity index (χ4v) is 3.48. The standard InChI is InChI=1S/C20H20N4O7/c1-11-9-23(20(28)22-17(11)25)16-7-12(8-21-29-2)15(31-16)10-30-24-18(26)13-5-3-4-6-14(13)19(24)27/h3-6,8-9,15-16,21H,7,10H2,1-2H3,(H,22,25,28)/t15-,16-/m1/s1. The third kappa shape index (κ3) is 3.81.